The Morgan fingerprint density at radius 3 is 2.57 bits per heavy atom. The predicted octanol–water partition coefficient (Wildman–Crippen LogP) is 2.48. The number of rotatable bonds is 4. The number of imidazole rings is 1. The van der Waals surface area contributed by atoms with Gasteiger partial charge < -0.3 is 20.3 Å². The van der Waals surface area contributed by atoms with Gasteiger partial charge in [-0.1, -0.05) is 6.07 Å². The topological polar surface area (TPSA) is 96.7 Å². The van der Waals surface area contributed by atoms with Crippen LogP contribution in [0.4, 0.5) is 4.79 Å². The molecule has 1 aliphatic heterocycles. The van der Waals surface area contributed by atoms with Crippen LogP contribution in [-0.4, -0.2) is 63.3 Å². The second-order valence-corrected chi connectivity index (χ2v) is 8.02. The molecule has 0 bridgehead atoms. The molecule has 2 aromatic heterocycles. The van der Waals surface area contributed by atoms with Crippen LogP contribution < -0.4 is 10.6 Å². The molecule has 0 spiro atoms. The van der Waals surface area contributed by atoms with Crippen molar-refractivity contribution in [3.05, 3.63) is 42.1 Å². The van der Waals surface area contributed by atoms with E-state index in [-0.39, 0.29) is 36.1 Å². The lowest BCUT2D eigenvalue weighted by atomic mass is 10.1. The zero-order chi connectivity index (χ0) is 21.0. The van der Waals surface area contributed by atoms with Gasteiger partial charge in [-0.25, -0.2) is 14.8 Å². The number of pyridine rings is 1. The van der Waals surface area contributed by atoms with E-state index >= 15 is 0 Å². The summed E-state index contributed by atoms with van der Waals surface area (Å²) in [5.41, 5.74) is 0.561. The van der Waals surface area contributed by atoms with Crippen molar-refractivity contribution in [3.8, 4) is 5.82 Å². The van der Waals surface area contributed by atoms with Crippen LogP contribution in [0.15, 0.2) is 35.7 Å². The fourth-order valence-electron chi connectivity index (χ4n) is 2.90. The Morgan fingerprint density at radius 1 is 1.30 bits per heavy atom. The lowest BCUT2D eigenvalue weighted by Gasteiger charge is -2.40. The van der Waals surface area contributed by atoms with Gasteiger partial charge in [0.05, 0.1) is 6.04 Å². The first-order chi connectivity index (χ1) is 13.7. The number of carbonyl (C=O) groups excluding carboxylic acids is 1. The number of guanidine groups is 1. The molecule has 1 saturated heterocycles. The predicted molar refractivity (Wildman–Crippen MR) is 126 cm³/mol. The second-order valence-electron chi connectivity index (χ2n) is 8.02. The highest BCUT2D eigenvalue weighted by molar-refractivity contribution is 14.0. The average Bonchev–Trinajstić information content (AvgIpc) is 3.05. The first kappa shape index (κ1) is 23.9. The highest BCUT2D eigenvalue weighted by Crippen LogP contribution is 2.15. The number of carbonyl (C=O) groups is 1. The van der Waals surface area contributed by atoms with Crippen LogP contribution in [0.3, 0.4) is 0 Å². The molecule has 1 fully saturated rings. The number of aliphatic imine (C=N–C) groups is 1. The van der Waals surface area contributed by atoms with Crippen molar-refractivity contribution in [2.24, 2.45) is 4.99 Å². The van der Waals surface area contributed by atoms with Crippen molar-refractivity contribution >= 4 is 36.0 Å². The van der Waals surface area contributed by atoms with Gasteiger partial charge in [-0.05, 0) is 39.3 Å². The summed E-state index contributed by atoms with van der Waals surface area (Å²) >= 11 is 0. The largest absolute Gasteiger partial charge is 0.444 e. The third kappa shape index (κ3) is 6.31. The zero-order valence-corrected chi connectivity index (χ0v) is 20.4. The number of amides is 1. The number of aromatic nitrogens is 3. The van der Waals surface area contributed by atoms with Crippen LogP contribution in [0.1, 0.15) is 32.2 Å². The fourth-order valence-corrected chi connectivity index (χ4v) is 2.90. The summed E-state index contributed by atoms with van der Waals surface area (Å²) < 4.78 is 7.31. The Balaban J connectivity index is 0.00000320. The molecular weight excluding hydrogens is 497 g/mol. The first-order valence-corrected chi connectivity index (χ1v) is 9.65. The SMILES string of the molecule is CN=C(NCc1ccc(-n2ccnc2C)nc1)NC1CN(C(=O)OC(C)(C)C)C1.I. The summed E-state index contributed by atoms with van der Waals surface area (Å²) in [7, 11) is 1.73. The maximum Gasteiger partial charge on any atom is 0.410 e. The summed E-state index contributed by atoms with van der Waals surface area (Å²) in [5.74, 6) is 2.42. The van der Waals surface area contributed by atoms with Gasteiger partial charge in [0.15, 0.2) is 5.96 Å². The van der Waals surface area contributed by atoms with Gasteiger partial charge in [-0.2, -0.15) is 0 Å². The number of aryl methyl sites for hydroxylation is 1. The lowest BCUT2D eigenvalue weighted by molar-refractivity contribution is 0.00701. The number of hydrogen-bond acceptors (Lipinski definition) is 5. The molecule has 164 valence electrons. The van der Waals surface area contributed by atoms with Gasteiger partial charge in [0.1, 0.15) is 17.2 Å². The number of halogens is 1. The van der Waals surface area contributed by atoms with Crippen LogP contribution in [0.25, 0.3) is 5.82 Å². The van der Waals surface area contributed by atoms with Crippen LogP contribution in [0.5, 0.6) is 0 Å². The smallest absolute Gasteiger partial charge is 0.410 e. The maximum atomic E-state index is 12.0. The van der Waals surface area contributed by atoms with Crippen molar-refractivity contribution < 1.29 is 9.53 Å². The lowest BCUT2D eigenvalue weighted by Crippen LogP contribution is -2.63. The van der Waals surface area contributed by atoms with Crippen LogP contribution in [0, 0.1) is 6.92 Å². The molecule has 10 heteroatoms. The Kier molecular flexibility index (Phi) is 8.04. The van der Waals surface area contributed by atoms with E-state index < -0.39 is 5.60 Å². The minimum absolute atomic E-state index is 0. The third-order valence-corrected chi connectivity index (χ3v) is 4.44. The molecule has 0 atom stereocenters. The molecule has 2 N–H and O–H groups in total. The number of nitrogens with zero attached hydrogens (tertiary/aromatic N) is 5. The average molecular weight is 527 g/mol. The van der Waals surface area contributed by atoms with E-state index in [0.717, 1.165) is 17.2 Å². The van der Waals surface area contributed by atoms with Gasteiger partial charge in [0.25, 0.3) is 0 Å². The minimum Gasteiger partial charge on any atom is -0.444 e. The Morgan fingerprint density at radius 2 is 2.03 bits per heavy atom. The van der Waals surface area contributed by atoms with Crippen LogP contribution in [0.2, 0.25) is 0 Å². The fraction of sp³-hybridized carbons (Fsp3) is 0.500. The molecule has 1 aliphatic rings. The number of ether oxygens (including phenoxy) is 1. The van der Waals surface area contributed by atoms with Gasteiger partial charge in [0, 0.05) is 45.3 Å². The van der Waals surface area contributed by atoms with Gasteiger partial charge >= 0.3 is 6.09 Å². The molecule has 1 amide bonds. The highest BCUT2D eigenvalue weighted by atomic mass is 127. The van der Waals surface area contributed by atoms with Crippen molar-refractivity contribution in [1.82, 2.24) is 30.1 Å². The molecule has 0 aliphatic carbocycles. The molecular formula is C20H30IN7O2. The van der Waals surface area contributed by atoms with E-state index in [1.807, 2.05) is 56.8 Å². The number of nitrogens with one attached hydrogen (secondary N) is 2. The Hall–Kier alpha value is -2.37. The molecule has 0 radical (unpaired) electrons. The molecule has 3 heterocycles. The Labute approximate surface area is 194 Å². The van der Waals surface area contributed by atoms with Gasteiger partial charge in [0.2, 0.25) is 0 Å². The standard InChI is InChI=1S/C20H29N7O2.HI/c1-14-22-8-9-27(14)17-7-6-15(10-23-17)11-24-18(21-5)25-16-12-26(13-16)19(28)29-20(2,3)4;/h6-10,16H,11-13H2,1-5H3,(H2,21,24,25);1H. The van der Waals surface area contributed by atoms with E-state index in [1.54, 1.807) is 18.1 Å². The molecule has 0 unspecified atom stereocenters. The molecule has 0 aromatic carbocycles. The number of likely N-dealkylation sites (tertiary alicyclic amines) is 1. The number of hydrogen-bond donors (Lipinski definition) is 2. The summed E-state index contributed by atoms with van der Waals surface area (Å²) in [5, 5.41) is 6.60. The van der Waals surface area contributed by atoms with E-state index in [1.165, 1.54) is 0 Å². The normalized spacial score (nSPS) is 14.6. The van der Waals surface area contributed by atoms with Gasteiger partial charge in [-0.15, -0.1) is 24.0 Å². The van der Waals surface area contributed by atoms with E-state index in [9.17, 15) is 4.79 Å². The van der Waals surface area contributed by atoms with Crippen molar-refractivity contribution in [2.75, 3.05) is 20.1 Å². The zero-order valence-electron chi connectivity index (χ0n) is 18.0. The first-order valence-electron chi connectivity index (χ1n) is 9.65. The molecule has 2 aromatic rings. The summed E-state index contributed by atoms with van der Waals surface area (Å²) in [6.07, 6.45) is 5.20. The quantitative estimate of drug-likeness (QED) is 0.361. The monoisotopic (exact) mass is 527 g/mol. The summed E-state index contributed by atoms with van der Waals surface area (Å²) in [6, 6.07) is 4.14. The molecule has 3 rings (SSSR count). The molecule has 30 heavy (non-hydrogen) atoms. The second kappa shape index (κ2) is 10.1. The van der Waals surface area contributed by atoms with Gasteiger partial charge in [-0.3, -0.25) is 9.56 Å². The van der Waals surface area contributed by atoms with Crippen LogP contribution >= 0.6 is 24.0 Å². The minimum atomic E-state index is -0.479. The third-order valence-electron chi connectivity index (χ3n) is 4.44. The molecule has 9 nitrogen and oxygen atoms in total. The van der Waals surface area contributed by atoms with Crippen LogP contribution in [-0.2, 0) is 11.3 Å². The summed E-state index contributed by atoms with van der Waals surface area (Å²) in [6.45, 7) is 9.32. The van der Waals surface area contributed by atoms with Crippen molar-refractivity contribution in [2.45, 2.75) is 45.9 Å². The van der Waals surface area contributed by atoms with Crippen molar-refractivity contribution in [3.63, 3.8) is 0 Å². The highest BCUT2D eigenvalue weighted by Gasteiger charge is 2.34. The van der Waals surface area contributed by atoms with E-state index in [0.29, 0.717) is 25.6 Å². The maximum absolute atomic E-state index is 12.0. The molecule has 0 saturated carbocycles. The summed E-state index contributed by atoms with van der Waals surface area (Å²) in [4.78, 5) is 26.6. The van der Waals surface area contributed by atoms with E-state index in [4.69, 9.17) is 4.74 Å². The Bertz CT molecular complexity index is 868. The van der Waals surface area contributed by atoms with E-state index in [2.05, 4.69) is 25.6 Å². The van der Waals surface area contributed by atoms with Crippen molar-refractivity contribution in [1.29, 1.82) is 0 Å².